The molecule has 128 valence electrons. The van der Waals surface area contributed by atoms with Crippen molar-refractivity contribution in [2.75, 3.05) is 5.32 Å². The third-order valence-corrected chi connectivity index (χ3v) is 4.33. The molecule has 25 heavy (non-hydrogen) atoms. The van der Waals surface area contributed by atoms with Crippen molar-refractivity contribution >= 4 is 11.6 Å². The van der Waals surface area contributed by atoms with Crippen LogP contribution in [0.4, 0.5) is 5.69 Å². The second-order valence-electron chi connectivity index (χ2n) is 6.68. The van der Waals surface area contributed by atoms with Crippen LogP contribution in [-0.4, -0.2) is 5.91 Å². The largest absolute Gasteiger partial charge is 0.461 e. The lowest BCUT2D eigenvalue weighted by atomic mass is 10.0. The van der Waals surface area contributed by atoms with E-state index in [4.69, 9.17) is 4.42 Å². The Bertz CT molecular complexity index is 871. The van der Waals surface area contributed by atoms with Gasteiger partial charge in [0.15, 0.2) is 0 Å². The number of aryl methyl sites for hydroxylation is 2. The second kappa shape index (κ2) is 6.98. The Balaban J connectivity index is 1.79. The molecule has 3 aromatic rings. The quantitative estimate of drug-likeness (QED) is 0.642. The number of carbonyl (C=O) groups excluding carboxylic acids is 1. The number of hydrogen-bond acceptors (Lipinski definition) is 2. The van der Waals surface area contributed by atoms with Crippen molar-refractivity contribution in [1.82, 2.24) is 0 Å². The molecule has 0 atom stereocenters. The van der Waals surface area contributed by atoms with Crippen LogP contribution in [0.25, 0.3) is 11.3 Å². The van der Waals surface area contributed by atoms with Crippen LogP contribution >= 0.6 is 0 Å². The second-order valence-corrected chi connectivity index (χ2v) is 6.68. The van der Waals surface area contributed by atoms with E-state index in [0.29, 0.717) is 23.0 Å². The van der Waals surface area contributed by atoms with Gasteiger partial charge in [0.05, 0.1) is 5.56 Å². The summed E-state index contributed by atoms with van der Waals surface area (Å²) in [6.07, 6.45) is 0. The highest BCUT2D eigenvalue weighted by Crippen LogP contribution is 2.26. The molecule has 0 fully saturated rings. The third-order valence-electron chi connectivity index (χ3n) is 4.33. The van der Waals surface area contributed by atoms with Crippen molar-refractivity contribution in [2.24, 2.45) is 0 Å². The van der Waals surface area contributed by atoms with E-state index in [2.05, 4.69) is 19.2 Å². The van der Waals surface area contributed by atoms with Crippen LogP contribution in [-0.2, 0) is 0 Å². The minimum Gasteiger partial charge on any atom is -0.461 e. The van der Waals surface area contributed by atoms with Gasteiger partial charge < -0.3 is 9.73 Å². The molecule has 0 saturated heterocycles. The standard InChI is InChI=1S/C22H23NO2/c1-14(2)17-9-11-19(12-10-17)23-22(24)20-13-21(25-16(20)4)18-7-5-15(3)6-8-18/h5-14H,1-4H3,(H,23,24). The van der Waals surface area contributed by atoms with Crippen molar-refractivity contribution in [2.45, 2.75) is 33.6 Å². The number of benzene rings is 2. The smallest absolute Gasteiger partial charge is 0.259 e. The maximum absolute atomic E-state index is 12.6. The molecule has 3 heteroatoms. The van der Waals surface area contributed by atoms with E-state index in [1.807, 2.05) is 62.4 Å². The fourth-order valence-electron chi connectivity index (χ4n) is 2.72. The van der Waals surface area contributed by atoms with Crippen LogP contribution < -0.4 is 5.32 Å². The molecule has 0 saturated carbocycles. The van der Waals surface area contributed by atoms with Crippen LogP contribution in [0.5, 0.6) is 0 Å². The average Bonchev–Trinajstić information content (AvgIpc) is 2.98. The molecular weight excluding hydrogens is 310 g/mol. The van der Waals surface area contributed by atoms with Crippen molar-refractivity contribution in [1.29, 1.82) is 0 Å². The van der Waals surface area contributed by atoms with E-state index >= 15 is 0 Å². The number of hydrogen-bond donors (Lipinski definition) is 1. The summed E-state index contributed by atoms with van der Waals surface area (Å²) in [7, 11) is 0. The maximum atomic E-state index is 12.6. The van der Waals surface area contributed by atoms with E-state index in [0.717, 1.165) is 11.3 Å². The molecule has 0 aliphatic rings. The molecule has 0 radical (unpaired) electrons. The molecule has 0 spiro atoms. The van der Waals surface area contributed by atoms with Crippen molar-refractivity contribution in [3.8, 4) is 11.3 Å². The first kappa shape index (κ1) is 17.0. The van der Waals surface area contributed by atoms with Gasteiger partial charge in [-0.1, -0.05) is 55.8 Å². The first-order valence-corrected chi connectivity index (χ1v) is 8.53. The van der Waals surface area contributed by atoms with Crippen LogP contribution in [0.2, 0.25) is 0 Å². The third kappa shape index (κ3) is 3.82. The minimum atomic E-state index is -0.156. The molecule has 0 aliphatic heterocycles. The predicted molar refractivity (Wildman–Crippen MR) is 102 cm³/mol. The summed E-state index contributed by atoms with van der Waals surface area (Å²) in [4.78, 5) is 12.6. The SMILES string of the molecule is Cc1ccc(-c2cc(C(=O)Nc3ccc(C(C)C)cc3)c(C)o2)cc1. The van der Waals surface area contributed by atoms with E-state index in [9.17, 15) is 4.79 Å². The van der Waals surface area contributed by atoms with Gasteiger partial charge in [-0.15, -0.1) is 0 Å². The monoisotopic (exact) mass is 333 g/mol. The molecular formula is C22H23NO2. The van der Waals surface area contributed by atoms with Crippen molar-refractivity contribution in [3.63, 3.8) is 0 Å². The normalized spacial score (nSPS) is 10.9. The summed E-state index contributed by atoms with van der Waals surface area (Å²) in [6.45, 7) is 8.15. The van der Waals surface area contributed by atoms with Gasteiger partial charge in [-0.05, 0) is 43.5 Å². The number of furan rings is 1. The number of amides is 1. The Kier molecular flexibility index (Phi) is 4.75. The van der Waals surface area contributed by atoms with Gasteiger partial charge in [-0.2, -0.15) is 0 Å². The van der Waals surface area contributed by atoms with Crippen LogP contribution in [0.3, 0.4) is 0 Å². The molecule has 0 bridgehead atoms. The zero-order valence-electron chi connectivity index (χ0n) is 15.1. The molecule has 1 amide bonds. The Labute approximate surface area is 148 Å². The summed E-state index contributed by atoms with van der Waals surface area (Å²) >= 11 is 0. The van der Waals surface area contributed by atoms with Gasteiger partial charge in [0.2, 0.25) is 0 Å². The summed E-state index contributed by atoms with van der Waals surface area (Å²) in [5, 5.41) is 2.94. The lowest BCUT2D eigenvalue weighted by molar-refractivity contribution is 0.102. The molecule has 2 aromatic carbocycles. The van der Waals surface area contributed by atoms with E-state index < -0.39 is 0 Å². The van der Waals surface area contributed by atoms with Gasteiger partial charge >= 0.3 is 0 Å². The van der Waals surface area contributed by atoms with Gasteiger partial charge in [0.25, 0.3) is 5.91 Å². The predicted octanol–water partition coefficient (Wildman–Crippen LogP) is 5.94. The first-order valence-electron chi connectivity index (χ1n) is 8.53. The number of carbonyl (C=O) groups is 1. The maximum Gasteiger partial charge on any atom is 0.259 e. The Hall–Kier alpha value is -2.81. The van der Waals surface area contributed by atoms with Crippen molar-refractivity contribution in [3.05, 3.63) is 77.0 Å². The average molecular weight is 333 g/mol. The number of nitrogens with one attached hydrogen (secondary N) is 1. The summed E-state index contributed by atoms with van der Waals surface area (Å²) in [6, 6.07) is 17.8. The number of anilines is 1. The topological polar surface area (TPSA) is 42.2 Å². The molecule has 0 unspecified atom stereocenters. The first-order chi connectivity index (χ1) is 11.9. The highest BCUT2D eigenvalue weighted by atomic mass is 16.3. The molecule has 3 rings (SSSR count). The van der Waals surface area contributed by atoms with Gasteiger partial charge in [0.1, 0.15) is 11.5 Å². The zero-order valence-corrected chi connectivity index (χ0v) is 15.1. The van der Waals surface area contributed by atoms with Gasteiger partial charge in [0, 0.05) is 11.3 Å². The Morgan fingerprint density at radius 2 is 1.60 bits per heavy atom. The van der Waals surface area contributed by atoms with Gasteiger partial charge in [-0.3, -0.25) is 4.79 Å². The number of rotatable bonds is 4. The van der Waals surface area contributed by atoms with Crippen LogP contribution in [0.1, 0.15) is 47.0 Å². The fourth-order valence-corrected chi connectivity index (χ4v) is 2.72. The molecule has 1 heterocycles. The zero-order chi connectivity index (χ0) is 18.0. The Morgan fingerprint density at radius 1 is 0.960 bits per heavy atom. The summed E-state index contributed by atoms with van der Waals surface area (Å²) in [5.41, 5.74) is 4.75. The van der Waals surface area contributed by atoms with E-state index in [1.54, 1.807) is 6.07 Å². The lowest BCUT2D eigenvalue weighted by Crippen LogP contribution is -2.12. The van der Waals surface area contributed by atoms with E-state index in [-0.39, 0.29) is 5.91 Å². The summed E-state index contributed by atoms with van der Waals surface area (Å²) in [5.74, 6) is 1.64. The van der Waals surface area contributed by atoms with Crippen LogP contribution in [0.15, 0.2) is 59.0 Å². The lowest BCUT2D eigenvalue weighted by Gasteiger charge is -2.08. The van der Waals surface area contributed by atoms with E-state index in [1.165, 1.54) is 11.1 Å². The summed E-state index contributed by atoms with van der Waals surface area (Å²) < 4.78 is 5.79. The Morgan fingerprint density at radius 3 is 2.20 bits per heavy atom. The minimum absolute atomic E-state index is 0.156. The van der Waals surface area contributed by atoms with Crippen molar-refractivity contribution < 1.29 is 9.21 Å². The fraction of sp³-hybridized carbons (Fsp3) is 0.227. The highest BCUT2D eigenvalue weighted by Gasteiger charge is 2.16. The van der Waals surface area contributed by atoms with Gasteiger partial charge in [-0.25, -0.2) is 0 Å². The molecule has 3 nitrogen and oxygen atoms in total. The van der Waals surface area contributed by atoms with Crippen LogP contribution in [0, 0.1) is 13.8 Å². The molecule has 1 aromatic heterocycles. The molecule has 0 aliphatic carbocycles. The highest BCUT2D eigenvalue weighted by molar-refractivity contribution is 6.05. The molecule has 1 N–H and O–H groups in total.